The average molecular weight is 646 g/mol. The van der Waals surface area contributed by atoms with Gasteiger partial charge >= 0.3 is 22.4 Å². The third-order valence-corrected chi connectivity index (χ3v) is 18.9. The number of benzene rings is 1. The summed E-state index contributed by atoms with van der Waals surface area (Å²) in [5.74, 6) is 0.841. The third-order valence-electron chi connectivity index (χ3n) is 8.45. The van der Waals surface area contributed by atoms with E-state index in [1.807, 2.05) is 30.3 Å². The van der Waals surface area contributed by atoms with Crippen LogP contribution in [-0.4, -0.2) is 66.8 Å². The first-order chi connectivity index (χ1) is 20.4. The van der Waals surface area contributed by atoms with E-state index < -0.39 is 41.7 Å². The van der Waals surface area contributed by atoms with Crippen LogP contribution in [0.15, 0.2) is 43.0 Å². The summed E-state index contributed by atoms with van der Waals surface area (Å²) < 4.78 is 42.6. The maximum absolute atomic E-state index is 7.38. The Balaban J connectivity index is 1.60. The molecule has 0 saturated carbocycles. The molecular formula is C29H43N5O6SSi2. The van der Waals surface area contributed by atoms with Gasteiger partial charge in [0.25, 0.3) is 0 Å². The van der Waals surface area contributed by atoms with E-state index in [-0.39, 0.29) is 39.8 Å². The predicted molar refractivity (Wildman–Crippen MR) is 172 cm³/mol. The number of nitrogens with two attached hydrogens (primary N) is 1. The Labute approximate surface area is 260 Å². The van der Waals surface area contributed by atoms with Crippen molar-refractivity contribution in [3.8, 4) is 5.75 Å². The molecule has 43 heavy (non-hydrogen) atoms. The molecule has 2 fully saturated rings. The van der Waals surface area contributed by atoms with Gasteiger partial charge in [-0.05, 0) is 34.3 Å². The molecule has 3 aromatic rings. The van der Waals surface area contributed by atoms with Crippen LogP contribution in [-0.2, 0) is 22.4 Å². The van der Waals surface area contributed by atoms with Gasteiger partial charge in [-0.3, -0.25) is 4.57 Å². The van der Waals surface area contributed by atoms with Crippen molar-refractivity contribution in [3.63, 3.8) is 0 Å². The van der Waals surface area contributed by atoms with E-state index in [1.165, 1.54) is 6.33 Å². The van der Waals surface area contributed by atoms with E-state index in [1.54, 1.807) is 10.9 Å². The molecule has 2 aromatic heterocycles. The number of nitrogen functional groups attached to an aromatic ring is 1. The van der Waals surface area contributed by atoms with Gasteiger partial charge in [0.1, 0.15) is 29.8 Å². The Morgan fingerprint density at radius 1 is 0.953 bits per heavy atom. The van der Waals surface area contributed by atoms with Crippen LogP contribution in [0.25, 0.3) is 11.2 Å². The molecule has 11 nitrogen and oxygen atoms in total. The SMILES string of the molecule is CC(C)[Si]1(C(C)C)OC[C@@H]2O[C@H](n3cnc4c(N)ncnc43)[C@H](OC(=S)Oc3ccccc3)C2O[Si](C(C)C)(C(C)C)O1. The number of ether oxygens (including phenoxy) is 3. The monoisotopic (exact) mass is 645 g/mol. The summed E-state index contributed by atoms with van der Waals surface area (Å²) in [5.41, 5.74) is 7.74. The second-order valence-electron chi connectivity index (χ2n) is 12.5. The fourth-order valence-electron chi connectivity index (χ4n) is 6.25. The quantitative estimate of drug-likeness (QED) is 0.240. The van der Waals surface area contributed by atoms with Crippen molar-refractivity contribution in [2.24, 2.45) is 0 Å². The molecule has 2 aliphatic heterocycles. The molecule has 234 valence electrons. The fourth-order valence-corrected chi connectivity index (χ4v) is 17.7. The van der Waals surface area contributed by atoms with Crippen LogP contribution in [0.5, 0.6) is 5.75 Å². The number of thiocarbonyl (C=S) groups is 1. The highest BCUT2D eigenvalue weighted by molar-refractivity contribution is 7.79. The van der Waals surface area contributed by atoms with E-state index in [0.29, 0.717) is 16.9 Å². The van der Waals surface area contributed by atoms with Crippen LogP contribution in [0.1, 0.15) is 61.6 Å². The van der Waals surface area contributed by atoms with Crippen LogP contribution >= 0.6 is 12.2 Å². The molecule has 2 N–H and O–H groups in total. The zero-order chi connectivity index (χ0) is 31.1. The summed E-state index contributed by atoms with van der Waals surface area (Å²) in [5, 5.41) is -0.0500. The molecule has 0 aliphatic carbocycles. The second-order valence-corrected chi connectivity index (χ2v) is 21.6. The van der Waals surface area contributed by atoms with Gasteiger partial charge in [0.15, 0.2) is 23.8 Å². The van der Waals surface area contributed by atoms with Gasteiger partial charge in [0.2, 0.25) is 0 Å². The largest absolute Gasteiger partial charge is 0.446 e. The van der Waals surface area contributed by atoms with E-state index in [0.717, 1.165) is 0 Å². The Morgan fingerprint density at radius 2 is 1.60 bits per heavy atom. The number of rotatable bonds is 7. The first-order valence-corrected chi connectivity index (χ1v) is 19.3. The van der Waals surface area contributed by atoms with Crippen molar-refractivity contribution in [2.75, 3.05) is 12.3 Å². The topological polar surface area (TPSA) is 125 Å². The minimum atomic E-state index is -2.99. The molecule has 0 amide bonds. The number of aromatic nitrogens is 4. The van der Waals surface area contributed by atoms with Gasteiger partial charge in [0.05, 0.1) is 12.9 Å². The van der Waals surface area contributed by atoms with Crippen molar-refractivity contribution >= 4 is 51.6 Å². The molecule has 5 rings (SSSR count). The second kappa shape index (κ2) is 12.5. The van der Waals surface area contributed by atoms with Crippen molar-refractivity contribution < 1.29 is 27.2 Å². The fraction of sp³-hybridized carbons (Fsp3) is 0.586. The van der Waals surface area contributed by atoms with E-state index >= 15 is 0 Å². The van der Waals surface area contributed by atoms with E-state index in [2.05, 4.69) is 70.3 Å². The van der Waals surface area contributed by atoms with Gasteiger partial charge in [-0.25, -0.2) is 15.0 Å². The van der Waals surface area contributed by atoms with Crippen LogP contribution < -0.4 is 10.5 Å². The van der Waals surface area contributed by atoms with Crippen LogP contribution in [0.3, 0.4) is 0 Å². The summed E-state index contributed by atoms with van der Waals surface area (Å²) >= 11 is 5.62. The Bertz CT molecular complexity index is 1410. The maximum Gasteiger partial charge on any atom is 0.358 e. The van der Waals surface area contributed by atoms with Crippen molar-refractivity contribution in [1.82, 2.24) is 19.5 Å². The first kappa shape index (κ1) is 31.9. The zero-order valence-corrected chi connectivity index (χ0v) is 28.9. The molecule has 2 aliphatic rings. The van der Waals surface area contributed by atoms with Gasteiger partial charge in [-0.15, -0.1) is 0 Å². The molecule has 0 spiro atoms. The van der Waals surface area contributed by atoms with Gasteiger partial charge in [-0.1, -0.05) is 73.6 Å². The Kier molecular flexibility index (Phi) is 9.28. The highest BCUT2D eigenvalue weighted by Gasteiger charge is 2.62. The normalized spacial score (nSPS) is 25.2. The standard InChI is InChI=1S/C29H43N5O6SSi2/c1-17(2)42(18(3)4)35-14-22-24(39-43(40-42,19(5)6)20(7)8)25(38-29(41)36-21-12-10-9-11-13-21)28(37-22)34-16-33-23-26(30)31-15-32-27(23)34/h9-13,15-20,22,24-25,28H,14H2,1-8H3,(H2,30,31,32)/t22-,24?,25+,28-/m0/s1. The maximum atomic E-state index is 7.38. The predicted octanol–water partition coefficient (Wildman–Crippen LogP) is 6.01. The first-order valence-electron chi connectivity index (χ1n) is 14.9. The van der Waals surface area contributed by atoms with E-state index in [9.17, 15) is 0 Å². The molecule has 4 heterocycles. The van der Waals surface area contributed by atoms with Crippen molar-refractivity contribution in [2.45, 2.75) is 102 Å². The lowest BCUT2D eigenvalue weighted by molar-refractivity contribution is -0.0569. The third kappa shape index (κ3) is 5.85. The number of anilines is 1. The number of nitrogens with zero attached hydrogens (tertiary/aromatic N) is 4. The summed E-state index contributed by atoms with van der Waals surface area (Å²) in [6, 6.07) is 9.27. The number of hydrogen-bond acceptors (Lipinski definition) is 11. The van der Waals surface area contributed by atoms with E-state index in [4.69, 9.17) is 45.1 Å². The number of para-hydroxylation sites is 1. The number of hydrogen-bond donors (Lipinski definition) is 1. The minimum absolute atomic E-state index is 0.0500. The lowest BCUT2D eigenvalue weighted by atomic mass is 10.1. The minimum Gasteiger partial charge on any atom is -0.446 e. The molecular weight excluding hydrogens is 603 g/mol. The molecule has 14 heteroatoms. The van der Waals surface area contributed by atoms with Crippen LogP contribution in [0.4, 0.5) is 5.82 Å². The molecule has 0 radical (unpaired) electrons. The van der Waals surface area contributed by atoms with Crippen molar-refractivity contribution in [1.29, 1.82) is 0 Å². The summed E-state index contributed by atoms with van der Waals surface area (Å²) in [4.78, 5) is 13.0. The van der Waals surface area contributed by atoms with Crippen molar-refractivity contribution in [3.05, 3.63) is 43.0 Å². The summed E-state index contributed by atoms with van der Waals surface area (Å²) in [7, 11) is -5.76. The summed E-state index contributed by atoms with van der Waals surface area (Å²) in [6.07, 6.45) is 0.504. The Morgan fingerprint density at radius 3 is 2.23 bits per heavy atom. The molecule has 4 atom stereocenters. The lowest BCUT2D eigenvalue weighted by Crippen LogP contribution is -2.66. The smallest absolute Gasteiger partial charge is 0.358 e. The number of imidazole rings is 1. The van der Waals surface area contributed by atoms with Gasteiger partial charge in [-0.2, -0.15) is 0 Å². The van der Waals surface area contributed by atoms with Gasteiger partial charge in [0, 0.05) is 12.2 Å². The highest BCUT2D eigenvalue weighted by atomic mass is 32.1. The number of fused-ring (bicyclic) bond motifs is 2. The Hall–Kier alpha value is -2.47. The summed E-state index contributed by atoms with van der Waals surface area (Å²) in [6.45, 7) is 17.8. The molecule has 1 unspecified atom stereocenters. The highest BCUT2D eigenvalue weighted by Crippen LogP contribution is 2.49. The van der Waals surface area contributed by atoms with Gasteiger partial charge < -0.3 is 32.9 Å². The molecule has 0 bridgehead atoms. The molecule has 2 saturated heterocycles. The van der Waals surface area contributed by atoms with Crippen LogP contribution in [0.2, 0.25) is 22.2 Å². The van der Waals surface area contributed by atoms with Crippen LogP contribution in [0, 0.1) is 0 Å². The lowest BCUT2D eigenvalue weighted by Gasteiger charge is -2.51. The average Bonchev–Trinajstić information content (AvgIpc) is 3.50. The molecule has 1 aromatic carbocycles. The zero-order valence-electron chi connectivity index (χ0n) is 26.1.